The van der Waals surface area contributed by atoms with Crippen molar-refractivity contribution < 1.29 is 0 Å². The number of para-hydroxylation sites is 1. The lowest BCUT2D eigenvalue weighted by molar-refractivity contribution is 0.608. The summed E-state index contributed by atoms with van der Waals surface area (Å²) in [6.07, 6.45) is 3.70. The molecule has 2 heterocycles. The largest absolute Gasteiger partial charge is 0.351 e. The van der Waals surface area contributed by atoms with Crippen LogP contribution in [-0.2, 0) is 0 Å². The molecule has 0 amide bonds. The Morgan fingerprint density at radius 3 is 2.67 bits per heavy atom. The molecule has 4 rings (SSSR count). The molecule has 1 aliphatic rings. The summed E-state index contributed by atoms with van der Waals surface area (Å²) < 4.78 is 0. The fourth-order valence-electron chi connectivity index (χ4n) is 3.66. The molecule has 0 saturated carbocycles. The summed E-state index contributed by atoms with van der Waals surface area (Å²) in [5.74, 6) is 0.793. The van der Waals surface area contributed by atoms with Crippen molar-refractivity contribution in [3.05, 3.63) is 66.5 Å². The Morgan fingerprint density at radius 2 is 1.83 bits per heavy atom. The van der Waals surface area contributed by atoms with Gasteiger partial charge in [-0.15, -0.1) is 0 Å². The molecule has 24 heavy (non-hydrogen) atoms. The van der Waals surface area contributed by atoms with Crippen LogP contribution < -0.4 is 4.90 Å². The van der Waals surface area contributed by atoms with E-state index in [0.717, 1.165) is 41.7 Å². The van der Waals surface area contributed by atoms with Gasteiger partial charge in [0.15, 0.2) is 0 Å². The van der Waals surface area contributed by atoms with Crippen LogP contribution in [0.4, 0.5) is 5.82 Å². The van der Waals surface area contributed by atoms with Crippen molar-refractivity contribution in [2.75, 3.05) is 11.4 Å². The van der Waals surface area contributed by atoms with Crippen molar-refractivity contribution in [3.8, 4) is 6.07 Å². The van der Waals surface area contributed by atoms with Crippen LogP contribution in [0.5, 0.6) is 0 Å². The first-order valence-electron chi connectivity index (χ1n) is 8.29. The monoisotopic (exact) mass is 314 g/mol. The van der Waals surface area contributed by atoms with Crippen molar-refractivity contribution in [1.82, 2.24) is 9.97 Å². The molecule has 0 N–H and O–H groups in total. The van der Waals surface area contributed by atoms with E-state index in [-0.39, 0.29) is 12.0 Å². The van der Waals surface area contributed by atoms with Crippen molar-refractivity contribution >= 4 is 16.7 Å². The fraction of sp³-hybridized carbons (Fsp3) is 0.250. The van der Waals surface area contributed by atoms with E-state index in [2.05, 4.69) is 27.0 Å². The minimum absolute atomic E-state index is 0.149. The Hall–Kier alpha value is -2.93. The molecule has 2 unspecified atom stereocenters. The SMILES string of the molecule is N#CC(c1ccccc1)C1CCCN1c1ncnc2ccccc12. The molecule has 0 spiro atoms. The number of nitriles is 1. The van der Waals surface area contributed by atoms with Crippen LogP contribution in [0.3, 0.4) is 0 Å². The van der Waals surface area contributed by atoms with Gasteiger partial charge in [-0.25, -0.2) is 9.97 Å². The molecule has 1 fully saturated rings. The number of aromatic nitrogens is 2. The second-order valence-corrected chi connectivity index (χ2v) is 6.13. The van der Waals surface area contributed by atoms with E-state index in [9.17, 15) is 5.26 Å². The molecule has 0 aliphatic carbocycles. The topological polar surface area (TPSA) is 52.8 Å². The van der Waals surface area contributed by atoms with Gasteiger partial charge in [-0.3, -0.25) is 0 Å². The maximum atomic E-state index is 9.81. The molecular formula is C20H18N4. The zero-order chi connectivity index (χ0) is 16.4. The molecular weight excluding hydrogens is 296 g/mol. The summed E-state index contributed by atoms with van der Waals surface area (Å²) in [5.41, 5.74) is 2.02. The second kappa shape index (κ2) is 6.29. The standard InChI is InChI=1S/C20H18N4/c21-13-17(15-7-2-1-3-8-15)19-11-6-12-24(19)20-16-9-4-5-10-18(16)22-14-23-20/h1-5,7-10,14,17,19H,6,11-12H2. The van der Waals surface area contributed by atoms with Gasteiger partial charge in [0.2, 0.25) is 0 Å². The first-order valence-corrected chi connectivity index (χ1v) is 8.29. The lowest BCUT2D eigenvalue weighted by Gasteiger charge is -2.30. The third-order valence-electron chi connectivity index (χ3n) is 4.78. The zero-order valence-corrected chi connectivity index (χ0v) is 13.3. The van der Waals surface area contributed by atoms with E-state index in [1.54, 1.807) is 6.33 Å². The predicted octanol–water partition coefficient (Wildman–Crippen LogP) is 3.91. The average Bonchev–Trinajstić information content (AvgIpc) is 3.12. The summed E-state index contributed by atoms with van der Waals surface area (Å²) in [4.78, 5) is 11.2. The second-order valence-electron chi connectivity index (χ2n) is 6.13. The highest BCUT2D eigenvalue weighted by molar-refractivity contribution is 5.89. The summed E-state index contributed by atoms with van der Waals surface area (Å²) in [6, 6.07) is 20.8. The predicted molar refractivity (Wildman–Crippen MR) is 94.7 cm³/mol. The highest BCUT2D eigenvalue weighted by Crippen LogP contribution is 2.36. The summed E-state index contributed by atoms with van der Waals surface area (Å²) in [5, 5.41) is 10.9. The molecule has 4 heteroatoms. The number of hydrogen-bond acceptors (Lipinski definition) is 4. The maximum Gasteiger partial charge on any atom is 0.140 e. The lowest BCUT2D eigenvalue weighted by Crippen LogP contribution is -2.34. The first kappa shape index (κ1) is 14.6. The Kier molecular flexibility index (Phi) is 3.84. The highest BCUT2D eigenvalue weighted by atomic mass is 15.2. The van der Waals surface area contributed by atoms with Crippen LogP contribution in [0.2, 0.25) is 0 Å². The molecule has 3 aromatic rings. The third kappa shape index (κ3) is 2.48. The molecule has 1 aliphatic heterocycles. The molecule has 118 valence electrons. The van der Waals surface area contributed by atoms with E-state index < -0.39 is 0 Å². The minimum atomic E-state index is -0.151. The van der Waals surface area contributed by atoms with Gasteiger partial charge in [0, 0.05) is 11.9 Å². The van der Waals surface area contributed by atoms with E-state index in [1.165, 1.54) is 0 Å². The number of hydrogen-bond donors (Lipinski definition) is 0. The van der Waals surface area contributed by atoms with Crippen LogP contribution >= 0.6 is 0 Å². The molecule has 4 nitrogen and oxygen atoms in total. The van der Waals surface area contributed by atoms with Crippen LogP contribution in [-0.4, -0.2) is 22.6 Å². The van der Waals surface area contributed by atoms with E-state index in [4.69, 9.17) is 0 Å². The van der Waals surface area contributed by atoms with Gasteiger partial charge in [-0.05, 0) is 30.5 Å². The van der Waals surface area contributed by atoms with Gasteiger partial charge < -0.3 is 4.90 Å². The van der Waals surface area contributed by atoms with Gasteiger partial charge >= 0.3 is 0 Å². The molecule has 1 saturated heterocycles. The van der Waals surface area contributed by atoms with Crippen LogP contribution in [0.15, 0.2) is 60.9 Å². The number of nitrogens with zero attached hydrogens (tertiary/aromatic N) is 4. The Morgan fingerprint density at radius 1 is 1.04 bits per heavy atom. The van der Waals surface area contributed by atoms with Crippen molar-refractivity contribution in [2.24, 2.45) is 0 Å². The summed E-state index contributed by atoms with van der Waals surface area (Å²) in [7, 11) is 0. The summed E-state index contributed by atoms with van der Waals surface area (Å²) in [6.45, 7) is 0.927. The van der Waals surface area contributed by atoms with Crippen LogP contribution in [0, 0.1) is 11.3 Å². The first-order chi connectivity index (χ1) is 11.9. The average molecular weight is 314 g/mol. The third-order valence-corrected chi connectivity index (χ3v) is 4.78. The number of fused-ring (bicyclic) bond motifs is 1. The summed E-state index contributed by atoms with van der Waals surface area (Å²) >= 11 is 0. The number of rotatable bonds is 3. The number of anilines is 1. The Bertz CT molecular complexity index is 880. The van der Waals surface area contributed by atoms with E-state index in [1.807, 2.05) is 48.5 Å². The molecule has 2 aromatic carbocycles. The van der Waals surface area contributed by atoms with E-state index in [0.29, 0.717) is 0 Å². The van der Waals surface area contributed by atoms with Crippen LogP contribution in [0.1, 0.15) is 24.3 Å². The zero-order valence-electron chi connectivity index (χ0n) is 13.3. The van der Waals surface area contributed by atoms with Gasteiger partial charge in [0.25, 0.3) is 0 Å². The quantitative estimate of drug-likeness (QED) is 0.735. The smallest absolute Gasteiger partial charge is 0.140 e. The van der Waals surface area contributed by atoms with Crippen LogP contribution in [0.25, 0.3) is 10.9 Å². The van der Waals surface area contributed by atoms with Crippen molar-refractivity contribution in [3.63, 3.8) is 0 Å². The Balaban J connectivity index is 1.76. The van der Waals surface area contributed by atoms with E-state index >= 15 is 0 Å². The van der Waals surface area contributed by atoms with Gasteiger partial charge in [0.1, 0.15) is 12.1 Å². The normalized spacial score (nSPS) is 18.5. The van der Waals surface area contributed by atoms with Crippen molar-refractivity contribution in [1.29, 1.82) is 5.26 Å². The van der Waals surface area contributed by atoms with Gasteiger partial charge in [-0.2, -0.15) is 5.26 Å². The van der Waals surface area contributed by atoms with Gasteiger partial charge in [0.05, 0.1) is 23.5 Å². The lowest BCUT2D eigenvalue weighted by atomic mass is 9.91. The van der Waals surface area contributed by atoms with Crippen molar-refractivity contribution in [2.45, 2.75) is 24.8 Å². The Labute approximate surface area is 141 Å². The fourth-order valence-corrected chi connectivity index (χ4v) is 3.66. The maximum absolute atomic E-state index is 9.81. The highest BCUT2D eigenvalue weighted by Gasteiger charge is 2.34. The molecule has 0 bridgehead atoms. The minimum Gasteiger partial charge on any atom is -0.351 e. The molecule has 1 aromatic heterocycles. The number of benzene rings is 2. The molecule has 2 atom stereocenters. The molecule has 0 radical (unpaired) electrons. The van der Waals surface area contributed by atoms with Gasteiger partial charge in [-0.1, -0.05) is 42.5 Å².